The Kier molecular flexibility index (Phi) is 12.7. The molecule has 2 N–H and O–H groups in total. The second-order valence-electron chi connectivity index (χ2n) is 8.91. The number of aryl methyl sites for hydroxylation is 1. The summed E-state index contributed by atoms with van der Waals surface area (Å²) in [6.45, 7) is 2.27. The Bertz CT molecular complexity index is 792. The molecule has 1 amide bonds. The first-order chi connectivity index (χ1) is 15.2. The van der Waals surface area contributed by atoms with Gasteiger partial charge in [0.25, 0.3) is 0 Å². The quantitative estimate of drug-likeness (QED) is 0.202. The van der Waals surface area contributed by atoms with Gasteiger partial charge in [-0.25, -0.2) is 0 Å². The minimum Gasteiger partial charge on any atom is -0.366 e. The van der Waals surface area contributed by atoms with Crippen molar-refractivity contribution in [1.82, 2.24) is 0 Å². The summed E-state index contributed by atoms with van der Waals surface area (Å²) in [4.78, 5) is 11.6. The molecule has 0 aliphatic carbocycles. The van der Waals surface area contributed by atoms with Crippen molar-refractivity contribution in [3.8, 4) is 0 Å². The first-order valence-electron chi connectivity index (χ1n) is 12.7. The first-order valence-corrected chi connectivity index (χ1v) is 12.7. The molecule has 0 fully saturated rings. The summed E-state index contributed by atoms with van der Waals surface area (Å²) >= 11 is 0. The van der Waals surface area contributed by atoms with E-state index in [0.29, 0.717) is 5.56 Å². The van der Waals surface area contributed by atoms with Gasteiger partial charge in [0.05, 0.1) is 0 Å². The number of allylic oxidation sites excluding steroid dienone is 2. The molecule has 2 rings (SSSR count). The number of primary amides is 1. The van der Waals surface area contributed by atoms with Crippen LogP contribution in [0, 0.1) is 0 Å². The van der Waals surface area contributed by atoms with Gasteiger partial charge in [-0.05, 0) is 67.0 Å². The summed E-state index contributed by atoms with van der Waals surface area (Å²) in [5, 5.41) is 2.36. The van der Waals surface area contributed by atoms with Crippen molar-refractivity contribution >= 4 is 16.7 Å². The van der Waals surface area contributed by atoms with Crippen LogP contribution in [0.1, 0.15) is 113 Å². The Morgan fingerprint density at radius 1 is 0.774 bits per heavy atom. The maximum absolute atomic E-state index is 11.6. The molecule has 0 saturated heterocycles. The van der Waals surface area contributed by atoms with Crippen molar-refractivity contribution in [2.24, 2.45) is 5.73 Å². The molecule has 0 aliphatic heterocycles. The first kappa shape index (κ1) is 25.2. The van der Waals surface area contributed by atoms with Crippen molar-refractivity contribution in [3.63, 3.8) is 0 Å². The van der Waals surface area contributed by atoms with Crippen molar-refractivity contribution in [2.75, 3.05) is 0 Å². The van der Waals surface area contributed by atoms with Crippen LogP contribution >= 0.6 is 0 Å². The maximum atomic E-state index is 11.6. The van der Waals surface area contributed by atoms with Crippen LogP contribution in [-0.4, -0.2) is 5.91 Å². The highest BCUT2D eigenvalue weighted by Gasteiger charge is 2.07. The molecule has 170 valence electrons. The summed E-state index contributed by atoms with van der Waals surface area (Å²) in [6, 6.07) is 12.2. The van der Waals surface area contributed by atoms with Crippen LogP contribution in [0.4, 0.5) is 0 Å². The molecular weight excluding hydrogens is 378 g/mol. The molecule has 0 bridgehead atoms. The molecule has 31 heavy (non-hydrogen) atoms. The Morgan fingerprint density at radius 2 is 1.35 bits per heavy atom. The number of amides is 1. The van der Waals surface area contributed by atoms with Crippen molar-refractivity contribution < 1.29 is 4.79 Å². The minimum atomic E-state index is -0.340. The average Bonchev–Trinajstić information content (AvgIpc) is 2.78. The number of rotatable bonds is 17. The van der Waals surface area contributed by atoms with E-state index in [1.54, 1.807) is 0 Å². The lowest BCUT2D eigenvalue weighted by Crippen LogP contribution is -2.11. The van der Waals surface area contributed by atoms with Gasteiger partial charge < -0.3 is 5.73 Å². The molecule has 0 heterocycles. The number of nitrogens with two attached hydrogens (primary N) is 1. The van der Waals surface area contributed by atoms with Crippen LogP contribution < -0.4 is 5.73 Å². The lowest BCUT2D eigenvalue weighted by molar-refractivity contribution is 0.100. The number of unbranched alkanes of at least 4 members (excludes halogenated alkanes) is 12. The van der Waals surface area contributed by atoms with Crippen molar-refractivity contribution in [3.05, 3.63) is 59.7 Å². The highest BCUT2D eigenvalue weighted by molar-refractivity contribution is 5.98. The standard InChI is InChI=1S/C29H43NO/c1-2-3-4-5-6-7-8-9-10-11-12-13-14-15-16-17-20-25-23-27(29(30)31)24-26-21-18-19-22-28(25)26/h9-10,18-19,21-24H,2-8,11-17,20H2,1H3,(H2,30,31)/b10-9-. The predicted molar refractivity (Wildman–Crippen MR) is 136 cm³/mol. The zero-order valence-electron chi connectivity index (χ0n) is 19.7. The summed E-state index contributed by atoms with van der Waals surface area (Å²) < 4.78 is 0. The van der Waals surface area contributed by atoms with E-state index in [9.17, 15) is 4.79 Å². The molecule has 2 aromatic rings. The third kappa shape index (κ3) is 10.2. The van der Waals surface area contributed by atoms with Crippen LogP contribution in [0.15, 0.2) is 48.6 Å². The van der Waals surface area contributed by atoms with Gasteiger partial charge in [0.2, 0.25) is 5.91 Å². The molecule has 0 spiro atoms. The smallest absolute Gasteiger partial charge is 0.248 e. The lowest BCUT2D eigenvalue weighted by atomic mass is 9.96. The van der Waals surface area contributed by atoms with E-state index in [1.165, 1.54) is 101 Å². The maximum Gasteiger partial charge on any atom is 0.248 e. The van der Waals surface area contributed by atoms with Crippen molar-refractivity contribution in [2.45, 2.75) is 103 Å². The average molecular weight is 422 g/mol. The molecule has 0 saturated carbocycles. The van der Waals surface area contributed by atoms with Gasteiger partial charge in [-0.15, -0.1) is 0 Å². The molecule has 0 aliphatic rings. The van der Waals surface area contributed by atoms with Crippen LogP contribution in [0.25, 0.3) is 10.8 Å². The van der Waals surface area contributed by atoms with Crippen LogP contribution in [0.2, 0.25) is 0 Å². The lowest BCUT2D eigenvalue weighted by Gasteiger charge is -2.09. The fourth-order valence-corrected chi connectivity index (χ4v) is 4.30. The number of carbonyl (C=O) groups excluding carboxylic acids is 1. The molecule has 0 radical (unpaired) electrons. The third-order valence-electron chi connectivity index (χ3n) is 6.19. The molecule has 0 aromatic heterocycles. The topological polar surface area (TPSA) is 43.1 Å². The van der Waals surface area contributed by atoms with Gasteiger partial charge in [-0.1, -0.05) is 101 Å². The fraction of sp³-hybridized carbons (Fsp3) is 0.552. The molecule has 2 nitrogen and oxygen atoms in total. The Labute approximate surface area is 190 Å². The normalized spacial score (nSPS) is 11.5. The monoisotopic (exact) mass is 421 g/mol. The molecular formula is C29H43NO. The van der Waals surface area contributed by atoms with E-state index in [4.69, 9.17) is 5.73 Å². The van der Waals surface area contributed by atoms with E-state index < -0.39 is 0 Å². The minimum absolute atomic E-state index is 0.340. The Morgan fingerprint density at radius 3 is 2.00 bits per heavy atom. The zero-order valence-corrected chi connectivity index (χ0v) is 19.7. The van der Waals surface area contributed by atoms with Crippen LogP contribution in [0.3, 0.4) is 0 Å². The van der Waals surface area contributed by atoms with Gasteiger partial charge >= 0.3 is 0 Å². The van der Waals surface area contributed by atoms with Gasteiger partial charge in [0.15, 0.2) is 0 Å². The number of hydrogen-bond acceptors (Lipinski definition) is 1. The van der Waals surface area contributed by atoms with Gasteiger partial charge in [0, 0.05) is 5.56 Å². The second kappa shape index (κ2) is 15.7. The molecule has 0 atom stereocenters. The molecule has 2 aromatic carbocycles. The van der Waals surface area contributed by atoms with Crippen LogP contribution in [-0.2, 0) is 6.42 Å². The van der Waals surface area contributed by atoms with Gasteiger partial charge in [-0.3, -0.25) is 4.79 Å². The highest BCUT2D eigenvalue weighted by Crippen LogP contribution is 2.23. The number of benzene rings is 2. The van der Waals surface area contributed by atoms with E-state index in [1.807, 2.05) is 18.2 Å². The fourth-order valence-electron chi connectivity index (χ4n) is 4.30. The number of carbonyl (C=O) groups is 1. The third-order valence-corrected chi connectivity index (χ3v) is 6.19. The highest BCUT2D eigenvalue weighted by atomic mass is 16.1. The van der Waals surface area contributed by atoms with Gasteiger partial charge in [-0.2, -0.15) is 0 Å². The second-order valence-corrected chi connectivity index (χ2v) is 8.91. The van der Waals surface area contributed by atoms with E-state index in [-0.39, 0.29) is 5.91 Å². The number of fused-ring (bicyclic) bond motifs is 1. The number of hydrogen-bond donors (Lipinski definition) is 1. The van der Waals surface area contributed by atoms with Gasteiger partial charge in [0.1, 0.15) is 0 Å². The summed E-state index contributed by atoms with van der Waals surface area (Å²) in [7, 11) is 0. The molecule has 0 unspecified atom stereocenters. The Balaban J connectivity index is 1.53. The Hall–Kier alpha value is -2.09. The van der Waals surface area contributed by atoms with Crippen LogP contribution in [0.5, 0.6) is 0 Å². The van der Waals surface area contributed by atoms with E-state index in [2.05, 4.69) is 37.3 Å². The van der Waals surface area contributed by atoms with E-state index >= 15 is 0 Å². The summed E-state index contributed by atoms with van der Waals surface area (Å²) in [5.74, 6) is -0.340. The van der Waals surface area contributed by atoms with E-state index in [0.717, 1.165) is 11.8 Å². The SMILES string of the molecule is CCCCCCCC/C=C\CCCCCCCCc1cc(C(N)=O)cc2ccccc12. The summed E-state index contributed by atoms with van der Waals surface area (Å²) in [6.07, 6.45) is 24.3. The largest absolute Gasteiger partial charge is 0.366 e. The predicted octanol–water partition coefficient (Wildman–Crippen LogP) is 8.52. The molecule has 2 heteroatoms. The van der Waals surface area contributed by atoms with Crippen molar-refractivity contribution in [1.29, 1.82) is 0 Å². The summed E-state index contributed by atoms with van der Waals surface area (Å²) in [5.41, 5.74) is 7.40. The zero-order chi connectivity index (χ0) is 22.2.